The third kappa shape index (κ3) is 3.18. The van der Waals surface area contributed by atoms with Crippen LogP contribution in [-0.2, 0) is 4.74 Å². The van der Waals surface area contributed by atoms with Gasteiger partial charge in [0, 0.05) is 11.2 Å². The predicted octanol–water partition coefficient (Wildman–Crippen LogP) is 3.70. The second-order valence-electron chi connectivity index (χ2n) is 5.77. The zero-order valence-electron chi connectivity index (χ0n) is 12.1. The Morgan fingerprint density at radius 1 is 1.50 bits per heavy atom. The maximum absolute atomic E-state index is 12.1. The largest absolute Gasteiger partial charge is 0.462 e. The minimum absolute atomic E-state index is 0.110. The molecule has 0 amide bonds. The van der Waals surface area contributed by atoms with Gasteiger partial charge in [-0.1, -0.05) is 11.6 Å². The van der Waals surface area contributed by atoms with Crippen molar-refractivity contribution in [1.29, 1.82) is 0 Å². The smallest absolute Gasteiger partial charge is 0.340 e. The average molecular weight is 297 g/mol. The van der Waals surface area contributed by atoms with Gasteiger partial charge in [0.1, 0.15) is 0 Å². The molecular weight excluding hydrogens is 276 g/mol. The number of halogens is 1. The van der Waals surface area contributed by atoms with Gasteiger partial charge in [-0.25, -0.2) is 4.79 Å². The van der Waals surface area contributed by atoms with Crippen molar-refractivity contribution in [3.8, 4) is 0 Å². The van der Waals surface area contributed by atoms with Gasteiger partial charge in [-0.05, 0) is 51.7 Å². The van der Waals surface area contributed by atoms with Crippen LogP contribution in [0.2, 0.25) is 5.02 Å². The first-order valence-electron chi connectivity index (χ1n) is 6.89. The van der Waals surface area contributed by atoms with Crippen molar-refractivity contribution in [3.63, 3.8) is 0 Å². The minimum Gasteiger partial charge on any atom is -0.462 e. The highest BCUT2D eigenvalue weighted by Crippen LogP contribution is 2.43. The molecule has 0 unspecified atom stereocenters. The highest BCUT2D eigenvalue weighted by atomic mass is 35.5. The van der Waals surface area contributed by atoms with Crippen molar-refractivity contribution in [2.24, 2.45) is 5.92 Å². The first-order chi connectivity index (χ1) is 9.35. The van der Waals surface area contributed by atoms with Gasteiger partial charge in [-0.3, -0.25) is 0 Å². The van der Waals surface area contributed by atoms with Crippen LogP contribution in [0.25, 0.3) is 0 Å². The highest BCUT2D eigenvalue weighted by Gasteiger charge is 2.38. The zero-order chi connectivity index (χ0) is 14.9. The van der Waals surface area contributed by atoms with Crippen molar-refractivity contribution in [3.05, 3.63) is 22.7 Å². The number of nitrogen functional groups attached to an aromatic ring is 1. The van der Waals surface area contributed by atoms with Crippen LogP contribution < -0.4 is 11.1 Å². The Hall–Kier alpha value is -1.42. The molecular formula is C15H21ClN2O2. The third-order valence-electron chi connectivity index (χ3n) is 3.65. The Morgan fingerprint density at radius 2 is 2.15 bits per heavy atom. The van der Waals surface area contributed by atoms with E-state index in [1.54, 1.807) is 19.1 Å². The number of anilines is 2. The maximum Gasteiger partial charge on any atom is 0.340 e. The number of nitrogens with one attached hydrogen (secondary N) is 1. The van der Waals surface area contributed by atoms with Crippen molar-refractivity contribution >= 4 is 28.9 Å². The Morgan fingerprint density at radius 3 is 2.70 bits per heavy atom. The van der Waals surface area contributed by atoms with E-state index in [0.29, 0.717) is 34.5 Å². The van der Waals surface area contributed by atoms with E-state index in [1.165, 1.54) is 12.8 Å². The van der Waals surface area contributed by atoms with Gasteiger partial charge in [0.2, 0.25) is 0 Å². The van der Waals surface area contributed by atoms with Gasteiger partial charge in [-0.2, -0.15) is 0 Å². The molecule has 0 radical (unpaired) electrons. The molecule has 0 atom stereocenters. The van der Waals surface area contributed by atoms with Crippen LogP contribution in [-0.4, -0.2) is 18.1 Å². The van der Waals surface area contributed by atoms with Crippen molar-refractivity contribution < 1.29 is 9.53 Å². The molecule has 2 rings (SSSR count). The van der Waals surface area contributed by atoms with E-state index in [0.717, 1.165) is 0 Å². The normalized spacial score (nSPS) is 15.0. The van der Waals surface area contributed by atoms with E-state index in [9.17, 15) is 4.79 Å². The van der Waals surface area contributed by atoms with Gasteiger partial charge in [0.05, 0.1) is 22.9 Å². The minimum atomic E-state index is -0.407. The van der Waals surface area contributed by atoms with Crippen LogP contribution >= 0.6 is 11.6 Å². The summed E-state index contributed by atoms with van der Waals surface area (Å²) in [6, 6.07) is 3.25. The predicted molar refractivity (Wildman–Crippen MR) is 82.2 cm³/mol. The third-order valence-corrected chi connectivity index (χ3v) is 3.95. The molecule has 1 aliphatic rings. The molecule has 1 aromatic rings. The van der Waals surface area contributed by atoms with Gasteiger partial charge in [0.15, 0.2) is 0 Å². The molecule has 0 spiro atoms. The molecule has 0 aliphatic heterocycles. The summed E-state index contributed by atoms with van der Waals surface area (Å²) in [7, 11) is 0. The van der Waals surface area contributed by atoms with Crippen molar-refractivity contribution in [2.45, 2.75) is 39.2 Å². The number of esters is 1. The summed E-state index contributed by atoms with van der Waals surface area (Å²) in [5.41, 5.74) is 7.12. The molecule has 1 fully saturated rings. The quantitative estimate of drug-likeness (QED) is 0.642. The molecule has 1 saturated carbocycles. The number of carbonyl (C=O) groups excluding carboxylic acids is 1. The van der Waals surface area contributed by atoms with Gasteiger partial charge in [-0.15, -0.1) is 0 Å². The van der Waals surface area contributed by atoms with Gasteiger partial charge in [0.25, 0.3) is 0 Å². The second kappa shape index (κ2) is 5.52. The van der Waals surface area contributed by atoms with Crippen molar-refractivity contribution in [2.75, 3.05) is 17.7 Å². The topological polar surface area (TPSA) is 64.3 Å². The summed E-state index contributed by atoms with van der Waals surface area (Å²) >= 11 is 6.26. The number of nitrogens with two attached hydrogens (primary N) is 1. The molecule has 3 N–H and O–H groups in total. The lowest BCUT2D eigenvalue weighted by Gasteiger charge is -2.29. The molecule has 0 saturated heterocycles. The molecule has 5 heteroatoms. The fourth-order valence-corrected chi connectivity index (χ4v) is 2.63. The standard InChI is InChI=1S/C15H21ClN2O2/c1-4-20-14(19)11-7-10(17)8-12(16)13(11)18-15(2,3)9-5-6-9/h7-9,18H,4-6,17H2,1-3H3. The van der Waals surface area contributed by atoms with Crippen LogP contribution in [0.4, 0.5) is 11.4 Å². The van der Waals surface area contributed by atoms with Crippen LogP contribution in [0.15, 0.2) is 12.1 Å². The average Bonchev–Trinajstić information content (AvgIpc) is 3.16. The fourth-order valence-electron chi connectivity index (χ4n) is 2.35. The lowest BCUT2D eigenvalue weighted by atomic mass is 9.97. The Labute approximate surface area is 124 Å². The summed E-state index contributed by atoms with van der Waals surface area (Å²) in [6.45, 7) is 6.32. The first-order valence-corrected chi connectivity index (χ1v) is 7.27. The fraction of sp³-hybridized carbons (Fsp3) is 0.533. The van der Waals surface area contributed by atoms with Crippen LogP contribution in [0.1, 0.15) is 44.0 Å². The number of rotatable bonds is 5. The van der Waals surface area contributed by atoms with E-state index in [4.69, 9.17) is 22.1 Å². The summed E-state index contributed by atoms with van der Waals surface area (Å²) < 4.78 is 5.08. The summed E-state index contributed by atoms with van der Waals surface area (Å²) in [4.78, 5) is 12.1. The Balaban J connectivity index is 2.36. The van der Waals surface area contributed by atoms with Gasteiger partial charge >= 0.3 is 5.97 Å². The molecule has 0 bridgehead atoms. The number of hydrogen-bond donors (Lipinski definition) is 2. The van der Waals surface area contributed by atoms with E-state index >= 15 is 0 Å². The molecule has 0 heterocycles. The molecule has 0 aromatic heterocycles. The number of ether oxygens (including phenoxy) is 1. The molecule has 110 valence electrons. The molecule has 1 aliphatic carbocycles. The number of hydrogen-bond acceptors (Lipinski definition) is 4. The molecule has 1 aromatic carbocycles. The zero-order valence-corrected chi connectivity index (χ0v) is 12.9. The van der Waals surface area contributed by atoms with E-state index in [1.807, 2.05) is 0 Å². The Kier molecular flexibility index (Phi) is 4.14. The highest BCUT2D eigenvalue weighted by molar-refractivity contribution is 6.34. The van der Waals surface area contributed by atoms with E-state index < -0.39 is 5.97 Å². The van der Waals surface area contributed by atoms with Gasteiger partial charge < -0.3 is 15.8 Å². The molecule has 4 nitrogen and oxygen atoms in total. The van der Waals surface area contributed by atoms with Crippen molar-refractivity contribution in [1.82, 2.24) is 0 Å². The van der Waals surface area contributed by atoms with Crippen LogP contribution in [0, 0.1) is 5.92 Å². The SMILES string of the molecule is CCOC(=O)c1cc(N)cc(Cl)c1NC(C)(C)C1CC1. The maximum atomic E-state index is 12.1. The lowest BCUT2D eigenvalue weighted by molar-refractivity contribution is 0.0527. The summed E-state index contributed by atoms with van der Waals surface area (Å²) in [5.74, 6) is 0.196. The molecule has 20 heavy (non-hydrogen) atoms. The summed E-state index contributed by atoms with van der Waals surface area (Å²) in [5, 5.41) is 3.84. The second-order valence-corrected chi connectivity index (χ2v) is 6.17. The monoisotopic (exact) mass is 296 g/mol. The van der Waals surface area contributed by atoms with Crippen LogP contribution in [0.5, 0.6) is 0 Å². The van der Waals surface area contributed by atoms with Crippen LogP contribution in [0.3, 0.4) is 0 Å². The summed E-state index contributed by atoms with van der Waals surface area (Å²) in [6.07, 6.45) is 2.39. The van der Waals surface area contributed by atoms with E-state index in [-0.39, 0.29) is 5.54 Å². The first kappa shape index (κ1) is 15.0. The van der Waals surface area contributed by atoms with E-state index in [2.05, 4.69) is 19.2 Å². The number of carbonyl (C=O) groups is 1. The lowest BCUT2D eigenvalue weighted by Crippen LogP contribution is -2.34. The Bertz CT molecular complexity index is 525. The number of benzene rings is 1.